The molecule has 0 radical (unpaired) electrons. The monoisotopic (exact) mass is 288 g/mol. The zero-order valence-electron chi connectivity index (χ0n) is 11.1. The molecule has 1 heterocycles. The van der Waals surface area contributed by atoms with E-state index < -0.39 is 4.92 Å². The lowest BCUT2D eigenvalue weighted by Gasteiger charge is -2.08. The number of aryl methyl sites for hydroxylation is 1. The molecule has 0 fully saturated rings. The van der Waals surface area contributed by atoms with E-state index in [1.807, 2.05) is 0 Å². The van der Waals surface area contributed by atoms with Crippen LogP contribution in [0.1, 0.15) is 11.3 Å². The van der Waals surface area contributed by atoms with Gasteiger partial charge in [0.15, 0.2) is 5.84 Å². The van der Waals surface area contributed by atoms with Crippen molar-refractivity contribution in [3.8, 4) is 11.6 Å². The summed E-state index contributed by atoms with van der Waals surface area (Å²) in [5.74, 6) is 0.340. The number of hydrogen-bond acceptors (Lipinski definition) is 6. The predicted octanol–water partition coefficient (Wildman–Crippen LogP) is 2.19. The molecule has 108 valence electrons. The number of oxime groups is 1. The summed E-state index contributed by atoms with van der Waals surface area (Å²) >= 11 is 0. The van der Waals surface area contributed by atoms with Gasteiger partial charge in [-0.2, -0.15) is 0 Å². The Bertz CT molecular complexity index is 715. The summed E-state index contributed by atoms with van der Waals surface area (Å²) < 4.78 is 5.53. The highest BCUT2D eigenvalue weighted by Crippen LogP contribution is 2.28. The first kappa shape index (κ1) is 14.3. The highest BCUT2D eigenvalue weighted by Gasteiger charge is 2.11. The molecule has 21 heavy (non-hydrogen) atoms. The number of pyridine rings is 1. The first-order valence-corrected chi connectivity index (χ1v) is 5.89. The third-order valence-electron chi connectivity index (χ3n) is 2.69. The van der Waals surface area contributed by atoms with Gasteiger partial charge in [0.1, 0.15) is 11.4 Å². The molecule has 2 aromatic rings. The Labute approximate surface area is 119 Å². The van der Waals surface area contributed by atoms with Crippen LogP contribution < -0.4 is 10.5 Å². The Kier molecular flexibility index (Phi) is 3.98. The number of aromatic nitrogens is 1. The molecular weight excluding hydrogens is 276 g/mol. The quantitative estimate of drug-likeness (QED) is 0.292. The summed E-state index contributed by atoms with van der Waals surface area (Å²) in [6.07, 6.45) is 0. The van der Waals surface area contributed by atoms with Gasteiger partial charge in [-0.15, -0.1) is 0 Å². The lowest BCUT2D eigenvalue weighted by molar-refractivity contribution is -0.384. The van der Waals surface area contributed by atoms with E-state index in [0.29, 0.717) is 5.75 Å². The Morgan fingerprint density at radius 3 is 2.86 bits per heavy atom. The number of nitro groups is 1. The maximum Gasteiger partial charge on any atom is 0.273 e. The molecule has 1 aromatic carbocycles. The van der Waals surface area contributed by atoms with Crippen molar-refractivity contribution in [3.63, 3.8) is 0 Å². The van der Waals surface area contributed by atoms with Gasteiger partial charge >= 0.3 is 0 Å². The third kappa shape index (κ3) is 3.24. The molecule has 0 unspecified atom stereocenters. The summed E-state index contributed by atoms with van der Waals surface area (Å²) in [5.41, 5.74) is 6.32. The van der Waals surface area contributed by atoms with Crippen LogP contribution in [0.15, 0.2) is 41.6 Å². The molecule has 0 aliphatic rings. The van der Waals surface area contributed by atoms with Crippen molar-refractivity contribution < 1.29 is 14.9 Å². The maximum absolute atomic E-state index is 10.8. The Balaban J connectivity index is 2.34. The topological polar surface area (TPSA) is 124 Å². The first-order chi connectivity index (χ1) is 10.0. The fourth-order valence-corrected chi connectivity index (χ4v) is 1.59. The van der Waals surface area contributed by atoms with Gasteiger partial charge in [0.2, 0.25) is 5.88 Å². The summed E-state index contributed by atoms with van der Waals surface area (Å²) in [5, 5.41) is 22.2. The molecule has 3 N–H and O–H groups in total. The van der Waals surface area contributed by atoms with Crippen molar-refractivity contribution in [1.29, 1.82) is 0 Å². The zero-order chi connectivity index (χ0) is 15.4. The standard InChI is InChI=1S/C13H12N4O4/c1-8-5-6-9(17(19)20)7-11(8)21-12-4-2-3-10(15-12)13(14)16-18/h2-7,18H,1H3,(H2,14,16). The molecule has 0 atom stereocenters. The minimum absolute atomic E-state index is 0.0804. The van der Waals surface area contributed by atoms with Gasteiger partial charge in [0.25, 0.3) is 5.69 Å². The highest BCUT2D eigenvalue weighted by atomic mass is 16.6. The van der Waals surface area contributed by atoms with Gasteiger partial charge in [-0.25, -0.2) is 4.98 Å². The van der Waals surface area contributed by atoms with Crippen LogP contribution in [-0.4, -0.2) is 21.0 Å². The second kappa shape index (κ2) is 5.87. The minimum atomic E-state index is -0.507. The molecule has 1 aromatic heterocycles. The molecule has 8 heteroatoms. The molecule has 0 aliphatic carbocycles. The molecule has 2 rings (SSSR count). The van der Waals surface area contributed by atoms with Crippen molar-refractivity contribution in [2.75, 3.05) is 0 Å². The summed E-state index contributed by atoms with van der Waals surface area (Å²) in [6, 6.07) is 9.01. The van der Waals surface area contributed by atoms with Crippen LogP contribution in [0.2, 0.25) is 0 Å². The molecule has 0 bridgehead atoms. The second-order valence-electron chi connectivity index (χ2n) is 4.16. The number of nitrogens with zero attached hydrogens (tertiary/aromatic N) is 3. The van der Waals surface area contributed by atoms with Crippen molar-refractivity contribution in [1.82, 2.24) is 4.98 Å². The number of hydrogen-bond donors (Lipinski definition) is 2. The number of rotatable bonds is 4. The first-order valence-electron chi connectivity index (χ1n) is 5.89. The molecule has 0 saturated heterocycles. The number of nitro benzene ring substituents is 1. The third-order valence-corrected chi connectivity index (χ3v) is 2.69. The smallest absolute Gasteiger partial charge is 0.273 e. The predicted molar refractivity (Wildman–Crippen MR) is 74.7 cm³/mol. The minimum Gasteiger partial charge on any atom is -0.438 e. The van der Waals surface area contributed by atoms with Gasteiger partial charge in [-0.05, 0) is 24.6 Å². The van der Waals surface area contributed by atoms with Gasteiger partial charge in [0.05, 0.1) is 11.0 Å². The van der Waals surface area contributed by atoms with E-state index in [1.54, 1.807) is 31.2 Å². The van der Waals surface area contributed by atoms with Crippen molar-refractivity contribution in [3.05, 3.63) is 57.8 Å². The maximum atomic E-state index is 10.8. The van der Waals surface area contributed by atoms with Gasteiger partial charge in [-0.3, -0.25) is 10.1 Å². The van der Waals surface area contributed by atoms with Crippen molar-refractivity contribution in [2.24, 2.45) is 10.9 Å². The van der Waals surface area contributed by atoms with Crippen LogP contribution in [0, 0.1) is 17.0 Å². The number of non-ortho nitro benzene ring substituents is 1. The van der Waals surface area contributed by atoms with Gasteiger partial charge in [0, 0.05) is 12.1 Å². The van der Waals surface area contributed by atoms with Crippen LogP contribution in [-0.2, 0) is 0 Å². The Morgan fingerprint density at radius 1 is 1.43 bits per heavy atom. The molecular formula is C13H12N4O4. The second-order valence-corrected chi connectivity index (χ2v) is 4.16. The Hall–Kier alpha value is -3.16. The summed E-state index contributed by atoms with van der Waals surface area (Å²) in [4.78, 5) is 14.3. The molecule has 0 spiro atoms. The lowest BCUT2D eigenvalue weighted by Crippen LogP contribution is -2.14. The number of nitrogens with two attached hydrogens (primary N) is 1. The molecule has 8 nitrogen and oxygen atoms in total. The normalized spacial score (nSPS) is 11.2. The van der Waals surface area contributed by atoms with E-state index in [4.69, 9.17) is 15.7 Å². The highest BCUT2D eigenvalue weighted by molar-refractivity contribution is 5.95. The lowest BCUT2D eigenvalue weighted by atomic mass is 10.2. The largest absolute Gasteiger partial charge is 0.438 e. The molecule has 0 saturated carbocycles. The van der Waals surface area contributed by atoms with E-state index in [-0.39, 0.29) is 23.1 Å². The van der Waals surface area contributed by atoms with Crippen LogP contribution >= 0.6 is 0 Å². The van der Waals surface area contributed by atoms with Gasteiger partial charge < -0.3 is 15.7 Å². The Morgan fingerprint density at radius 2 is 2.19 bits per heavy atom. The fraction of sp³-hybridized carbons (Fsp3) is 0.0769. The summed E-state index contributed by atoms with van der Waals surface area (Å²) in [6.45, 7) is 1.76. The van der Waals surface area contributed by atoms with E-state index in [9.17, 15) is 10.1 Å². The number of benzene rings is 1. The SMILES string of the molecule is Cc1ccc([N+](=O)[O-])cc1Oc1cccc(C(N)=NO)n1. The average Bonchev–Trinajstić information content (AvgIpc) is 2.48. The zero-order valence-corrected chi connectivity index (χ0v) is 11.1. The van der Waals surface area contributed by atoms with Crippen LogP contribution in [0.4, 0.5) is 5.69 Å². The molecule has 0 amide bonds. The molecule has 0 aliphatic heterocycles. The van der Waals surface area contributed by atoms with Crippen molar-refractivity contribution in [2.45, 2.75) is 6.92 Å². The van der Waals surface area contributed by atoms with E-state index in [1.165, 1.54) is 12.1 Å². The van der Waals surface area contributed by atoms with E-state index in [2.05, 4.69) is 10.1 Å². The van der Waals surface area contributed by atoms with Gasteiger partial charge in [-0.1, -0.05) is 11.2 Å². The van der Waals surface area contributed by atoms with E-state index >= 15 is 0 Å². The average molecular weight is 288 g/mol. The van der Waals surface area contributed by atoms with Crippen LogP contribution in [0.3, 0.4) is 0 Å². The van der Waals surface area contributed by atoms with Crippen LogP contribution in [0.25, 0.3) is 0 Å². The van der Waals surface area contributed by atoms with Crippen LogP contribution in [0.5, 0.6) is 11.6 Å². The van der Waals surface area contributed by atoms with Crippen molar-refractivity contribution >= 4 is 11.5 Å². The number of ether oxygens (including phenoxy) is 1. The fourth-order valence-electron chi connectivity index (χ4n) is 1.59. The number of amidine groups is 1. The summed E-state index contributed by atoms with van der Waals surface area (Å²) in [7, 11) is 0. The van der Waals surface area contributed by atoms with E-state index in [0.717, 1.165) is 5.56 Å².